The highest BCUT2D eigenvalue weighted by Crippen LogP contribution is 2.33. The molecule has 1 aliphatic rings. The normalized spacial score (nSPS) is 18.0. The first kappa shape index (κ1) is 19.8. The highest BCUT2D eigenvalue weighted by atomic mass is 16.3. The number of H-pyrrole nitrogens is 1. The molecule has 6 nitrogen and oxygen atoms in total. The maximum absolute atomic E-state index is 10.6. The Kier molecular flexibility index (Phi) is 5.30. The summed E-state index contributed by atoms with van der Waals surface area (Å²) in [4.78, 5) is 19.3. The van der Waals surface area contributed by atoms with Crippen LogP contribution < -0.4 is 4.90 Å². The van der Waals surface area contributed by atoms with Gasteiger partial charge in [-0.05, 0) is 18.8 Å². The molecule has 0 aromatic carbocycles. The van der Waals surface area contributed by atoms with Gasteiger partial charge in [-0.1, -0.05) is 41.5 Å². The van der Waals surface area contributed by atoms with Gasteiger partial charge in [-0.15, -0.1) is 0 Å². The Balaban J connectivity index is 1.79. The van der Waals surface area contributed by atoms with Crippen LogP contribution in [-0.4, -0.2) is 38.1 Å². The van der Waals surface area contributed by atoms with E-state index in [1.165, 1.54) is 0 Å². The number of rotatable bonds is 3. The van der Waals surface area contributed by atoms with Crippen molar-refractivity contribution in [2.75, 3.05) is 18.0 Å². The summed E-state index contributed by atoms with van der Waals surface area (Å²) in [5, 5.41) is 10.6. The largest absolute Gasteiger partial charge is 0.385 e. The number of hydrogen-bond donors (Lipinski definition) is 2. The molecule has 0 aliphatic carbocycles. The van der Waals surface area contributed by atoms with Crippen LogP contribution in [-0.2, 0) is 10.8 Å². The summed E-state index contributed by atoms with van der Waals surface area (Å²) < 4.78 is 0. The van der Waals surface area contributed by atoms with Crippen molar-refractivity contribution >= 4 is 5.82 Å². The zero-order chi connectivity index (χ0) is 19.8. The maximum atomic E-state index is 10.6. The molecule has 1 unspecified atom stereocenters. The van der Waals surface area contributed by atoms with Gasteiger partial charge in [0.2, 0.25) is 0 Å². The van der Waals surface area contributed by atoms with E-state index in [1.807, 2.05) is 0 Å². The van der Waals surface area contributed by atoms with Crippen LogP contribution in [0.5, 0.6) is 0 Å². The first-order valence-corrected chi connectivity index (χ1v) is 9.88. The van der Waals surface area contributed by atoms with Crippen LogP contribution >= 0.6 is 0 Å². The molecule has 0 radical (unpaired) electrons. The van der Waals surface area contributed by atoms with Crippen LogP contribution in [0.4, 0.5) is 5.82 Å². The molecule has 1 atom stereocenters. The van der Waals surface area contributed by atoms with Gasteiger partial charge in [0, 0.05) is 42.4 Å². The Bertz CT molecular complexity index is 718. The van der Waals surface area contributed by atoms with Crippen molar-refractivity contribution in [1.29, 1.82) is 0 Å². The van der Waals surface area contributed by atoms with Crippen molar-refractivity contribution in [3.8, 4) is 0 Å². The van der Waals surface area contributed by atoms with Crippen LogP contribution in [0.3, 0.4) is 0 Å². The Hall–Kier alpha value is -1.95. The summed E-state index contributed by atoms with van der Waals surface area (Å²) in [5.74, 6) is 2.78. The summed E-state index contributed by atoms with van der Waals surface area (Å²) >= 11 is 0. The standard InChI is InChI=1S/C21H33N5O/c1-20(2,3)15-13-16(25-19(24-15)21(4,5)6)26-11-7-14(8-12-26)17(27)18-22-9-10-23-18/h9-10,13-14,17,27H,7-8,11-12H2,1-6H3,(H,22,23). The van der Waals surface area contributed by atoms with Gasteiger partial charge >= 0.3 is 0 Å². The number of nitrogens with one attached hydrogen (secondary N) is 1. The second kappa shape index (κ2) is 7.23. The van der Waals surface area contributed by atoms with Gasteiger partial charge in [-0.25, -0.2) is 15.0 Å². The van der Waals surface area contributed by atoms with Crippen molar-refractivity contribution in [2.24, 2.45) is 5.92 Å². The van der Waals surface area contributed by atoms with Crippen molar-refractivity contribution in [3.05, 3.63) is 35.8 Å². The van der Waals surface area contributed by atoms with E-state index in [0.29, 0.717) is 5.82 Å². The molecule has 1 aliphatic heterocycles. The van der Waals surface area contributed by atoms with E-state index in [2.05, 4.69) is 62.5 Å². The minimum atomic E-state index is -0.525. The zero-order valence-corrected chi connectivity index (χ0v) is 17.5. The predicted molar refractivity (Wildman–Crippen MR) is 108 cm³/mol. The van der Waals surface area contributed by atoms with E-state index in [1.54, 1.807) is 12.4 Å². The molecule has 27 heavy (non-hydrogen) atoms. The topological polar surface area (TPSA) is 77.9 Å². The van der Waals surface area contributed by atoms with Gasteiger partial charge < -0.3 is 15.0 Å². The first-order chi connectivity index (χ1) is 12.6. The average molecular weight is 372 g/mol. The van der Waals surface area contributed by atoms with E-state index >= 15 is 0 Å². The average Bonchev–Trinajstić information content (AvgIpc) is 3.14. The number of anilines is 1. The molecule has 1 saturated heterocycles. The van der Waals surface area contributed by atoms with Gasteiger partial charge in [-0.3, -0.25) is 0 Å². The summed E-state index contributed by atoms with van der Waals surface area (Å²) in [6, 6.07) is 2.14. The minimum Gasteiger partial charge on any atom is -0.385 e. The van der Waals surface area contributed by atoms with Crippen LogP contribution in [0.2, 0.25) is 0 Å². The van der Waals surface area contributed by atoms with Gasteiger partial charge in [0.1, 0.15) is 23.6 Å². The number of aliphatic hydroxyl groups excluding tert-OH is 1. The van der Waals surface area contributed by atoms with E-state index in [4.69, 9.17) is 9.97 Å². The Morgan fingerprint density at radius 2 is 1.74 bits per heavy atom. The molecule has 0 saturated carbocycles. The molecule has 2 N–H and O–H groups in total. The van der Waals surface area contributed by atoms with Gasteiger partial charge in [0.15, 0.2) is 0 Å². The predicted octanol–water partition coefficient (Wildman–Crippen LogP) is 3.74. The second-order valence-electron chi connectivity index (χ2n) is 9.68. The highest BCUT2D eigenvalue weighted by Gasteiger charge is 2.30. The fraction of sp³-hybridized carbons (Fsp3) is 0.667. The third kappa shape index (κ3) is 4.49. The van der Waals surface area contributed by atoms with Crippen molar-refractivity contribution in [1.82, 2.24) is 19.9 Å². The van der Waals surface area contributed by atoms with Crippen LogP contribution in [0.15, 0.2) is 18.5 Å². The lowest BCUT2D eigenvalue weighted by molar-refractivity contribution is 0.0856. The molecule has 3 heterocycles. The quantitative estimate of drug-likeness (QED) is 0.859. The van der Waals surface area contributed by atoms with Gasteiger partial charge in [0.25, 0.3) is 0 Å². The second-order valence-corrected chi connectivity index (χ2v) is 9.68. The number of hydrogen-bond acceptors (Lipinski definition) is 5. The van der Waals surface area contributed by atoms with Crippen molar-refractivity contribution in [3.63, 3.8) is 0 Å². The lowest BCUT2D eigenvalue weighted by atomic mass is 9.89. The van der Waals surface area contributed by atoms with Crippen molar-refractivity contribution < 1.29 is 5.11 Å². The molecule has 0 bridgehead atoms. The molecular formula is C21H33N5O. The molecular weight excluding hydrogens is 338 g/mol. The summed E-state index contributed by atoms with van der Waals surface area (Å²) in [6.07, 6.45) is 4.76. The molecule has 6 heteroatoms. The van der Waals surface area contributed by atoms with E-state index in [9.17, 15) is 5.11 Å². The highest BCUT2D eigenvalue weighted by molar-refractivity contribution is 5.42. The Morgan fingerprint density at radius 1 is 1.07 bits per heavy atom. The summed E-state index contributed by atoms with van der Waals surface area (Å²) in [6.45, 7) is 14.8. The molecule has 1 fully saturated rings. The molecule has 0 spiro atoms. The number of piperidine rings is 1. The fourth-order valence-electron chi connectivity index (χ4n) is 3.42. The van der Waals surface area contributed by atoms with E-state index in [-0.39, 0.29) is 16.7 Å². The van der Waals surface area contributed by atoms with Crippen LogP contribution in [0.1, 0.15) is 77.8 Å². The number of nitrogens with zero attached hydrogens (tertiary/aromatic N) is 4. The van der Waals surface area contributed by atoms with E-state index in [0.717, 1.165) is 43.3 Å². The maximum Gasteiger partial charge on any atom is 0.136 e. The van der Waals surface area contributed by atoms with Crippen LogP contribution in [0.25, 0.3) is 0 Å². The third-order valence-electron chi connectivity index (χ3n) is 5.26. The summed E-state index contributed by atoms with van der Waals surface area (Å²) in [5.41, 5.74) is 0.963. The van der Waals surface area contributed by atoms with Crippen molar-refractivity contribution in [2.45, 2.75) is 71.3 Å². The smallest absolute Gasteiger partial charge is 0.136 e. The molecule has 2 aromatic heterocycles. The van der Waals surface area contributed by atoms with Crippen LogP contribution in [0, 0.1) is 5.92 Å². The lowest BCUT2D eigenvalue weighted by Crippen LogP contribution is -2.37. The molecule has 2 aromatic rings. The zero-order valence-electron chi connectivity index (χ0n) is 17.5. The monoisotopic (exact) mass is 371 g/mol. The molecule has 148 valence electrons. The Morgan fingerprint density at radius 3 is 2.26 bits per heavy atom. The van der Waals surface area contributed by atoms with Gasteiger partial charge in [0.05, 0.1) is 5.69 Å². The van der Waals surface area contributed by atoms with Gasteiger partial charge in [-0.2, -0.15) is 0 Å². The summed E-state index contributed by atoms with van der Waals surface area (Å²) in [7, 11) is 0. The SMILES string of the molecule is CC(C)(C)c1cc(N2CCC(C(O)c3ncc[nH]3)CC2)nc(C(C)(C)C)n1. The number of aromatic amines is 1. The molecule has 0 amide bonds. The fourth-order valence-corrected chi connectivity index (χ4v) is 3.42. The number of aromatic nitrogens is 4. The Labute approximate surface area is 162 Å². The van der Waals surface area contributed by atoms with E-state index < -0.39 is 6.10 Å². The lowest BCUT2D eigenvalue weighted by Gasteiger charge is -2.35. The number of aliphatic hydroxyl groups is 1. The minimum absolute atomic E-state index is 0.0223. The first-order valence-electron chi connectivity index (χ1n) is 9.88. The third-order valence-corrected chi connectivity index (χ3v) is 5.26. The molecule has 3 rings (SSSR count). The number of imidazole rings is 1.